The van der Waals surface area contributed by atoms with E-state index in [1.54, 1.807) is 19.2 Å². The molecule has 0 aromatic heterocycles. The largest absolute Gasteiger partial charge is 0.496 e. The number of methoxy groups -OCH3 is 1. The Labute approximate surface area is 88.7 Å². The molecule has 0 aliphatic carbocycles. The van der Waals surface area contributed by atoms with Gasteiger partial charge in [-0.05, 0) is 24.1 Å². The predicted octanol–water partition coefficient (Wildman–Crippen LogP) is 1.13. The molecule has 0 saturated heterocycles. The van der Waals surface area contributed by atoms with Crippen molar-refractivity contribution in [2.75, 3.05) is 13.7 Å². The molecule has 0 spiro atoms. The summed E-state index contributed by atoms with van der Waals surface area (Å²) in [7, 11) is 1.56. The maximum atomic E-state index is 10.9. The van der Waals surface area contributed by atoms with E-state index in [9.17, 15) is 4.79 Å². The maximum absolute atomic E-state index is 10.9. The summed E-state index contributed by atoms with van der Waals surface area (Å²) < 4.78 is 5.13. The zero-order valence-corrected chi connectivity index (χ0v) is 8.86. The number of carbonyl (C=O) groups is 1. The number of carboxylic acid groups (broad SMARTS) is 1. The Hall–Kier alpha value is -1.55. The number of aryl methyl sites for hydroxylation is 1. The van der Waals surface area contributed by atoms with Crippen molar-refractivity contribution in [2.24, 2.45) is 5.73 Å². The monoisotopic (exact) mass is 209 g/mol. The van der Waals surface area contributed by atoms with Crippen LogP contribution in [0.15, 0.2) is 18.2 Å². The highest BCUT2D eigenvalue weighted by atomic mass is 16.5. The van der Waals surface area contributed by atoms with Crippen LogP contribution in [0.1, 0.15) is 17.0 Å². The van der Waals surface area contributed by atoms with Crippen LogP contribution < -0.4 is 10.5 Å². The molecule has 15 heavy (non-hydrogen) atoms. The smallest absolute Gasteiger partial charge is 0.312 e. The van der Waals surface area contributed by atoms with Gasteiger partial charge in [-0.15, -0.1) is 0 Å². The van der Waals surface area contributed by atoms with Crippen molar-refractivity contribution < 1.29 is 14.6 Å². The molecule has 1 rings (SSSR count). The molecular weight excluding hydrogens is 194 g/mol. The van der Waals surface area contributed by atoms with Crippen LogP contribution in [0.25, 0.3) is 0 Å². The number of aliphatic carboxylic acids is 1. The number of rotatable bonds is 4. The summed E-state index contributed by atoms with van der Waals surface area (Å²) in [5, 5.41) is 8.94. The van der Waals surface area contributed by atoms with E-state index in [0.29, 0.717) is 11.3 Å². The van der Waals surface area contributed by atoms with Crippen molar-refractivity contribution in [1.82, 2.24) is 0 Å². The molecule has 4 nitrogen and oxygen atoms in total. The summed E-state index contributed by atoms with van der Waals surface area (Å²) in [5.41, 5.74) is 7.06. The topological polar surface area (TPSA) is 72.5 Å². The van der Waals surface area contributed by atoms with Crippen molar-refractivity contribution in [1.29, 1.82) is 0 Å². The number of nitrogens with two attached hydrogens (primary N) is 1. The molecule has 0 saturated carbocycles. The lowest BCUT2D eigenvalue weighted by Crippen LogP contribution is -2.21. The van der Waals surface area contributed by atoms with Gasteiger partial charge in [0.15, 0.2) is 0 Å². The van der Waals surface area contributed by atoms with Crippen LogP contribution in [0.2, 0.25) is 0 Å². The number of benzene rings is 1. The van der Waals surface area contributed by atoms with Gasteiger partial charge in [0.1, 0.15) is 5.75 Å². The van der Waals surface area contributed by atoms with Gasteiger partial charge in [0, 0.05) is 6.54 Å². The Balaban J connectivity index is 3.09. The Kier molecular flexibility index (Phi) is 3.68. The highest BCUT2D eigenvalue weighted by Crippen LogP contribution is 2.24. The quantitative estimate of drug-likeness (QED) is 0.779. The third-order valence-electron chi connectivity index (χ3n) is 2.37. The van der Waals surface area contributed by atoms with Crippen LogP contribution in [0, 0.1) is 6.92 Å². The summed E-state index contributed by atoms with van der Waals surface area (Å²) in [6.07, 6.45) is 0. The maximum Gasteiger partial charge on any atom is 0.312 e. The second kappa shape index (κ2) is 4.79. The van der Waals surface area contributed by atoms with Gasteiger partial charge in [-0.1, -0.05) is 12.1 Å². The molecule has 1 atom stereocenters. The highest BCUT2D eigenvalue weighted by molar-refractivity contribution is 5.76. The van der Waals surface area contributed by atoms with Gasteiger partial charge in [0.2, 0.25) is 0 Å². The lowest BCUT2D eigenvalue weighted by atomic mass is 9.98. The molecule has 1 aromatic carbocycles. The number of hydrogen-bond donors (Lipinski definition) is 2. The number of carboxylic acids is 1. The fourth-order valence-corrected chi connectivity index (χ4v) is 1.43. The van der Waals surface area contributed by atoms with Gasteiger partial charge in [0.05, 0.1) is 13.0 Å². The second-order valence-electron chi connectivity index (χ2n) is 3.36. The standard InChI is InChI=1S/C11H15NO3/c1-7-3-4-8(5-10(7)15-2)9(6-12)11(13)14/h3-5,9H,6,12H2,1-2H3,(H,13,14). The van der Waals surface area contributed by atoms with Crippen LogP contribution in [0.5, 0.6) is 5.75 Å². The first-order valence-electron chi connectivity index (χ1n) is 4.67. The summed E-state index contributed by atoms with van der Waals surface area (Å²) >= 11 is 0. The minimum absolute atomic E-state index is 0.0849. The molecule has 0 bridgehead atoms. The minimum atomic E-state index is -0.914. The third-order valence-corrected chi connectivity index (χ3v) is 2.37. The molecule has 1 unspecified atom stereocenters. The van der Waals surface area contributed by atoms with E-state index in [1.807, 2.05) is 13.0 Å². The van der Waals surface area contributed by atoms with E-state index in [-0.39, 0.29) is 6.54 Å². The zero-order valence-electron chi connectivity index (χ0n) is 8.86. The van der Waals surface area contributed by atoms with Crippen LogP contribution in [0.4, 0.5) is 0 Å². The summed E-state index contributed by atoms with van der Waals surface area (Å²) in [4.78, 5) is 10.9. The van der Waals surface area contributed by atoms with Gasteiger partial charge in [-0.2, -0.15) is 0 Å². The molecule has 3 N–H and O–H groups in total. The summed E-state index contributed by atoms with van der Waals surface area (Å²) in [5.74, 6) is -0.893. The Morgan fingerprint density at radius 3 is 2.73 bits per heavy atom. The highest BCUT2D eigenvalue weighted by Gasteiger charge is 2.18. The molecule has 0 radical (unpaired) electrons. The van der Waals surface area contributed by atoms with Crippen LogP contribution in [0.3, 0.4) is 0 Å². The molecule has 4 heteroatoms. The molecule has 1 aromatic rings. The van der Waals surface area contributed by atoms with Gasteiger partial charge in [-0.25, -0.2) is 0 Å². The molecule has 0 aliphatic rings. The fourth-order valence-electron chi connectivity index (χ4n) is 1.43. The second-order valence-corrected chi connectivity index (χ2v) is 3.36. The summed E-state index contributed by atoms with van der Waals surface area (Å²) in [6, 6.07) is 5.32. The minimum Gasteiger partial charge on any atom is -0.496 e. The first-order valence-corrected chi connectivity index (χ1v) is 4.67. The van der Waals surface area contributed by atoms with Crippen molar-refractivity contribution in [3.8, 4) is 5.75 Å². The number of ether oxygens (including phenoxy) is 1. The lowest BCUT2D eigenvalue weighted by Gasteiger charge is -2.12. The zero-order chi connectivity index (χ0) is 11.4. The van der Waals surface area contributed by atoms with Gasteiger partial charge in [0.25, 0.3) is 0 Å². The molecule has 82 valence electrons. The van der Waals surface area contributed by atoms with Crippen molar-refractivity contribution in [3.05, 3.63) is 29.3 Å². The van der Waals surface area contributed by atoms with Gasteiger partial charge in [-0.3, -0.25) is 4.79 Å². The van der Waals surface area contributed by atoms with E-state index in [2.05, 4.69) is 0 Å². The van der Waals surface area contributed by atoms with E-state index in [1.165, 1.54) is 0 Å². The van der Waals surface area contributed by atoms with Gasteiger partial charge >= 0.3 is 5.97 Å². The molecule has 0 amide bonds. The predicted molar refractivity (Wildman–Crippen MR) is 57.2 cm³/mol. The van der Waals surface area contributed by atoms with Gasteiger partial charge < -0.3 is 15.6 Å². The lowest BCUT2D eigenvalue weighted by molar-refractivity contribution is -0.138. The summed E-state index contributed by atoms with van der Waals surface area (Å²) in [6.45, 7) is 1.99. The van der Waals surface area contributed by atoms with E-state index in [0.717, 1.165) is 5.56 Å². The average molecular weight is 209 g/mol. The third kappa shape index (κ3) is 2.47. The first kappa shape index (κ1) is 11.5. The molecule has 0 heterocycles. The Morgan fingerprint density at radius 2 is 2.27 bits per heavy atom. The molecule has 0 fully saturated rings. The fraction of sp³-hybridized carbons (Fsp3) is 0.364. The van der Waals surface area contributed by atoms with E-state index in [4.69, 9.17) is 15.6 Å². The first-order chi connectivity index (χ1) is 7.10. The molecule has 0 aliphatic heterocycles. The van der Waals surface area contributed by atoms with Crippen LogP contribution in [-0.4, -0.2) is 24.7 Å². The van der Waals surface area contributed by atoms with Crippen molar-refractivity contribution in [2.45, 2.75) is 12.8 Å². The van der Waals surface area contributed by atoms with Crippen LogP contribution in [-0.2, 0) is 4.79 Å². The Morgan fingerprint density at radius 1 is 1.60 bits per heavy atom. The van der Waals surface area contributed by atoms with E-state index >= 15 is 0 Å². The Bertz CT molecular complexity index is 363. The molecular formula is C11H15NO3. The van der Waals surface area contributed by atoms with Crippen molar-refractivity contribution in [3.63, 3.8) is 0 Å². The van der Waals surface area contributed by atoms with Crippen molar-refractivity contribution >= 4 is 5.97 Å². The SMILES string of the molecule is COc1cc(C(CN)C(=O)O)ccc1C. The van der Waals surface area contributed by atoms with E-state index < -0.39 is 11.9 Å². The van der Waals surface area contributed by atoms with Crippen LogP contribution >= 0.6 is 0 Å². The normalized spacial score (nSPS) is 12.2. The average Bonchev–Trinajstić information content (AvgIpc) is 2.21. The number of hydrogen-bond acceptors (Lipinski definition) is 3.